The van der Waals surface area contributed by atoms with E-state index in [0.29, 0.717) is 11.2 Å². The average Bonchev–Trinajstić information content (AvgIpc) is 2.84. The van der Waals surface area contributed by atoms with Gasteiger partial charge in [0.2, 0.25) is 5.28 Å². The van der Waals surface area contributed by atoms with Gasteiger partial charge in [0, 0.05) is 0 Å². The molecule has 0 radical (unpaired) electrons. The van der Waals surface area contributed by atoms with Crippen LogP contribution < -0.4 is 5.73 Å². The van der Waals surface area contributed by atoms with Crippen molar-refractivity contribution in [3.8, 4) is 0 Å². The number of halogens is 1. The highest BCUT2D eigenvalue weighted by Gasteiger charge is 2.20. The first-order chi connectivity index (χ1) is 9.60. The van der Waals surface area contributed by atoms with Crippen molar-refractivity contribution in [1.82, 2.24) is 19.5 Å². The van der Waals surface area contributed by atoms with Crippen LogP contribution in [0.5, 0.6) is 0 Å². The van der Waals surface area contributed by atoms with E-state index in [2.05, 4.69) is 15.0 Å². The number of nitrogens with zero attached hydrogens (tertiary/aromatic N) is 4. The fraction of sp³-hybridized carbons (Fsp3) is 0.583. The largest absolute Gasteiger partial charge is 0.392 e. The summed E-state index contributed by atoms with van der Waals surface area (Å²) in [6.45, 7) is 3.88. The Morgan fingerprint density at radius 2 is 2.10 bits per heavy atom. The molecule has 0 aliphatic rings. The van der Waals surface area contributed by atoms with Gasteiger partial charge in [-0.05, 0) is 24.4 Å². The van der Waals surface area contributed by atoms with Gasteiger partial charge in [0.25, 0.3) is 0 Å². The van der Waals surface area contributed by atoms with E-state index in [1.54, 1.807) is 4.57 Å². The topological polar surface area (TPSA) is 99.1 Å². The van der Waals surface area contributed by atoms with Crippen LogP contribution in [0.25, 0.3) is 11.2 Å². The number of hydrogen-bond donors (Lipinski definition) is 2. The molecule has 0 aliphatic carbocycles. The highest BCUT2D eigenvalue weighted by molar-refractivity contribution is 6.28. The molecule has 2 rings (SSSR count). The Morgan fingerprint density at radius 3 is 2.70 bits per heavy atom. The molecule has 0 saturated heterocycles. The number of hydrogen-bond acceptors (Lipinski definition) is 6. The van der Waals surface area contributed by atoms with E-state index in [1.807, 2.05) is 13.8 Å². The molecule has 3 N–H and O–H groups in total. The minimum atomic E-state index is -0.574. The number of fused-ring (bicyclic) bond motifs is 1. The molecule has 0 bridgehead atoms. The van der Waals surface area contributed by atoms with E-state index in [1.165, 1.54) is 6.33 Å². The number of aromatic nitrogens is 4. The zero-order chi connectivity index (χ0) is 14.7. The summed E-state index contributed by atoms with van der Waals surface area (Å²) in [7, 11) is 0. The maximum absolute atomic E-state index is 9.55. The number of nitrogen functional groups attached to an aromatic ring is 1. The Bertz CT molecular complexity index is 584. The van der Waals surface area contributed by atoms with Crippen molar-refractivity contribution in [1.29, 1.82) is 0 Å². The first-order valence-electron chi connectivity index (χ1n) is 6.52. The number of aliphatic hydroxyl groups excluding tert-OH is 1. The molecule has 0 spiro atoms. The van der Waals surface area contributed by atoms with Gasteiger partial charge in [-0.3, -0.25) is 4.57 Å². The molecule has 110 valence electrons. The van der Waals surface area contributed by atoms with Gasteiger partial charge in [-0.2, -0.15) is 9.97 Å². The molecule has 8 heteroatoms. The monoisotopic (exact) mass is 299 g/mol. The molecule has 7 nitrogen and oxygen atoms in total. The molecular weight excluding hydrogens is 282 g/mol. The maximum atomic E-state index is 9.55. The van der Waals surface area contributed by atoms with Crippen LogP contribution in [0.4, 0.5) is 5.82 Å². The molecule has 0 amide bonds. The lowest BCUT2D eigenvalue weighted by atomic mass is 10.2. The van der Waals surface area contributed by atoms with Crippen LogP contribution in [0.3, 0.4) is 0 Å². The van der Waals surface area contributed by atoms with Crippen LogP contribution in [-0.2, 0) is 4.74 Å². The quantitative estimate of drug-likeness (QED) is 0.789. The lowest BCUT2D eigenvalue weighted by Gasteiger charge is -2.23. The molecular formula is C12H18ClN5O2. The summed E-state index contributed by atoms with van der Waals surface area (Å²) in [5.41, 5.74) is 6.65. The van der Waals surface area contributed by atoms with E-state index in [4.69, 9.17) is 22.1 Å². The van der Waals surface area contributed by atoms with Gasteiger partial charge >= 0.3 is 0 Å². The van der Waals surface area contributed by atoms with Crippen LogP contribution in [0, 0.1) is 0 Å². The lowest BCUT2D eigenvalue weighted by Crippen LogP contribution is -2.23. The van der Waals surface area contributed by atoms with Crippen molar-refractivity contribution >= 4 is 28.6 Å². The molecule has 0 fully saturated rings. The molecule has 1 atom stereocenters. The van der Waals surface area contributed by atoms with E-state index in [9.17, 15) is 5.11 Å². The van der Waals surface area contributed by atoms with Gasteiger partial charge in [-0.1, -0.05) is 13.8 Å². The summed E-state index contributed by atoms with van der Waals surface area (Å²) in [5, 5.41) is 9.59. The van der Waals surface area contributed by atoms with Crippen molar-refractivity contribution in [2.75, 3.05) is 12.3 Å². The van der Waals surface area contributed by atoms with Crippen LogP contribution >= 0.6 is 11.6 Å². The second-order valence-corrected chi connectivity index (χ2v) is 4.75. The Balaban J connectivity index is 2.39. The van der Waals surface area contributed by atoms with Crippen LogP contribution in [-0.4, -0.2) is 37.3 Å². The standard InChI is InChI=1S/C12H18ClN5O2/c1-3-7(4-2)20-8(5-19)18-6-15-9-10(14)16-12(13)17-11(9)18/h6-8,19H,3-5H2,1-2H3,(H2,14,16,17)/t8-/m1/s1. The van der Waals surface area contributed by atoms with Gasteiger partial charge in [0.05, 0.1) is 19.0 Å². The van der Waals surface area contributed by atoms with Crippen LogP contribution in [0.15, 0.2) is 6.33 Å². The molecule has 20 heavy (non-hydrogen) atoms. The summed E-state index contributed by atoms with van der Waals surface area (Å²) in [4.78, 5) is 12.1. The molecule has 2 aromatic heterocycles. The number of anilines is 1. The van der Waals surface area contributed by atoms with E-state index >= 15 is 0 Å². The van der Waals surface area contributed by atoms with Crippen LogP contribution in [0.2, 0.25) is 5.28 Å². The van der Waals surface area contributed by atoms with Gasteiger partial charge in [0.15, 0.2) is 17.7 Å². The zero-order valence-corrected chi connectivity index (χ0v) is 12.2. The van der Waals surface area contributed by atoms with Gasteiger partial charge in [-0.25, -0.2) is 4.98 Å². The van der Waals surface area contributed by atoms with Crippen LogP contribution in [0.1, 0.15) is 32.9 Å². The first kappa shape index (κ1) is 15.0. The normalized spacial score (nSPS) is 13.2. The van der Waals surface area contributed by atoms with Gasteiger partial charge < -0.3 is 15.6 Å². The highest BCUT2D eigenvalue weighted by Crippen LogP contribution is 2.23. The molecule has 0 aliphatic heterocycles. The molecule has 2 heterocycles. The van der Waals surface area contributed by atoms with Crippen molar-refractivity contribution in [3.05, 3.63) is 11.6 Å². The van der Waals surface area contributed by atoms with Gasteiger partial charge in [0.1, 0.15) is 5.52 Å². The van der Waals surface area contributed by atoms with Crippen molar-refractivity contribution in [3.63, 3.8) is 0 Å². The molecule has 0 unspecified atom stereocenters. The third-order valence-electron chi connectivity index (χ3n) is 3.15. The predicted molar refractivity (Wildman–Crippen MR) is 76.3 cm³/mol. The van der Waals surface area contributed by atoms with E-state index in [-0.39, 0.29) is 23.8 Å². The summed E-state index contributed by atoms with van der Waals surface area (Å²) in [6.07, 6.45) is 2.72. The predicted octanol–water partition coefficient (Wildman–Crippen LogP) is 1.76. The maximum Gasteiger partial charge on any atom is 0.226 e. The fourth-order valence-electron chi connectivity index (χ4n) is 2.02. The number of nitrogens with two attached hydrogens (primary N) is 1. The molecule has 2 aromatic rings. The van der Waals surface area contributed by atoms with E-state index < -0.39 is 6.23 Å². The second kappa shape index (κ2) is 6.34. The van der Waals surface area contributed by atoms with Crippen molar-refractivity contribution in [2.45, 2.75) is 39.0 Å². The fourth-order valence-corrected chi connectivity index (χ4v) is 2.19. The SMILES string of the molecule is CCC(CC)O[C@H](CO)n1cnc2c(N)nc(Cl)nc21. The number of rotatable bonds is 6. The minimum absolute atomic E-state index is 0.0379. The minimum Gasteiger partial charge on any atom is -0.392 e. The molecule has 0 saturated carbocycles. The highest BCUT2D eigenvalue weighted by atomic mass is 35.5. The second-order valence-electron chi connectivity index (χ2n) is 4.41. The lowest BCUT2D eigenvalue weighted by molar-refractivity contribution is -0.0805. The number of aliphatic hydroxyl groups is 1. The van der Waals surface area contributed by atoms with Crippen molar-refractivity contribution < 1.29 is 9.84 Å². The Kier molecular flexibility index (Phi) is 4.74. The smallest absolute Gasteiger partial charge is 0.226 e. The Hall–Kier alpha value is -1.44. The third-order valence-corrected chi connectivity index (χ3v) is 3.32. The van der Waals surface area contributed by atoms with Gasteiger partial charge in [-0.15, -0.1) is 0 Å². The Morgan fingerprint density at radius 1 is 1.40 bits per heavy atom. The number of imidazole rings is 1. The summed E-state index contributed by atoms with van der Waals surface area (Å²) in [6, 6.07) is 0. The third kappa shape index (κ3) is 2.84. The van der Waals surface area contributed by atoms with E-state index in [0.717, 1.165) is 12.8 Å². The summed E-state index contributed by atoms with van der Waals surface area (Å²) in [5.74, 6) is 0.206. The zero-order valence-electron chi connectivity index (χ0n) is 11.5. The summed E-state index contributed by atoms with van der Waals surface area (Å²) < 4.78 is 7.48. The first-order valence-corrected chi connectivity index (χ1v) is 6.90. The molecule has 0 aromatic carbocycles. The number of ether oxygens (including phenoxy) is 1. The Labute approximate surface area is 121 Å². The average molecular weight is 300 g/mol. The van der Waals surface area contributed by atoms with Crippen molar-refractivity contribution in [2.24, 2.45) is 0 Å². The summed E-state index contributed by atoms with van der Waals surface area (Å²) >= 11 is 5.81.